The third kappa shape index (κ3) is 22.8. The van der Waals surface area contributed by atoms with E-state index in [2.05, 4.69) is 29.0 Å². The predicted molar refractivity (Wildman–Crippen MR) is 195 cm³/mol. The highest BCUT2D eigenvalue weighted by Gasteiger charge is 2.17. The molecule has 1 aliphatic heterocycles. The van der Waals surface area contributed by atoms with E-state index >= 15 is 0 Å². The Hall–Kier alpha value is -1.63. The summed E-state index contributed by atoms with van der Waals surface area (Å²) >= 11 is 0. The quantitative estimate of drug-likeness (QED) is 0.0763. The van der Waals surface area contributed by atoms with Crippen molar-refractivity contribution in [3.63, 3.8) is 0 Å². The molecule has 0 atom stereocenters. The van der Waals surface area contributed by atoms with Crippen molar-refractivity contribution in [2.24, 2.45) is 5.92 Å². The monoisotopic (exact) mass is 649 g/mol. The average molecular weight is 649 g/mol. The molecule has 46 heavy (non-hydrogen) atoms. The van der Waals surface area contributed by atoms with Crippen LogP contribution in [0.3, 0.4) is 0 Å². The summed E-state index contributed by atoms with van der Waals surface area (Å²) < 4.78 is 0. The highest BCUT2D eigenvalue weighted by Crippen LogP contribution is 2.23. The van der Waals surface area contributed by atoms with Gasteiger partial charge >= 0.3 is 0 Å². The van der Waals surface area contributed by atoms with E-state index in [-0.39, 0.29) is 5.91 Å². The summed E-state index contributed by atoms with van der Waals surface area (Å²) in [6, 6.07) is 0. The fraction of sp³-hybridized carbons (Fsp3) is 0.923. The van der Waals surface area contributed by atoms with Crippen molar-refractivity contribution in [3.8, 4) is 0 Å². The van der Waals surface area contributed by atoms with Gasteiger partial charge in [-0.1, -0.05) is 104 Å². The topological polar surface area (TPSA) is 73.0 Å². The SMILES string of the molecule is CCCCCC(CCCCC)CCCN(C)C(=O)CCCCCCCN(CCCCCCCC(=O)NC)C(=O)CCN1CCCC1. The molecule has 3 amide bonds. The predicted octanol–water partition coefficient (Wildman–Crippen LogP) is 8.74. The van der Waals surface area contributed by atoms with E-state index in [0.717, 1.165) is 116 Å². The second kappa shape index (κ2) is 29.5. The molecule has 1 N–H and O–H groups in total. The van der Waals surface area contributed by atoms with Crippen LogP contribution in [0.5, 0.6) is 0 Å². The Morgan fingerprint density at radius 2 is 1.13 bits per heavy atom. The molecule has 270 valence electrons. The molecule has 0 aromatic heterocycles. The molecule has 0 aromatic rings. The van der Waals surface area contributed by atoms with Crippen molar-refractivity contribution < 1.29 is 14.4 Å². The summed E-state index contributed by atoms with van der Waals surface area (Å²) in [7, 11) is 3.69. The number of nitrogens with zero attached hydrogens (tertiary/aromatic N) is 3. The number of nitrogens with one attached hydrogen (secondary N) is 1. The van der Waals surface area contributed by atoms with Gasteiger partial charge in [-0.25, -0.2) is 0 Å². The first-order valence-corrected chi connectivity index (χ1v) is 19.9. The van der Waals surface area contributed by atoms with Crippen LogP contribution in [0.25, 0.3) is 0 Å². The lowest BCUT2D eigenvalue weighted by molar-refractivity contribution is -0.132. The van der Waals surface area contributed by atoms with Gasteiger partial charge in [0.2, 0.25) is 17.7 Å². The number of carbonyl (C=O) groups is 3. The normalized spacial score (nSPS) is 13.4. The van der Waals surface area contributed by atoms with Crippen molar-refractivity contribution in [1.29, 1.82) is 0 Å². The van der Waals surface area contributed by atoms with Crippen molar-refractivity contribution in [3.05, 3.63) is 0 Å². The van der Waals surface area contributed by atoms with Gasteiger partial charge in [-0.2, -0.15) is 0 Å². The largest absolute Gasteiger partial charge is 0.359 e. The molecule has 7 nitrogen and oxygen atoms in total. The molecule has 1 aliphatic rings. The molecule has 0 saturated carbocycles. The molecule has 1 fully saturated rings. The van der Waals surface area contributed by atoms with E-state index in [0.29, 0.717) is 31.1 Å². The molecule has 1 rings (SSSR count). The molecule has 0 spiro atoms. The Balaban J connectivity index is 2.26. The summed E-state index contributed by atoms with van der Waals surface area (Å²) in [5, 5.41) is 2.69. The van der Waals surface area contributed by atoms with Crippen molar-refractivity contribution in [2.45, 2.75) is 174 Å². The third-order valence-corrected chi connectivity index (χ3v) is 10.1. The fourth-order valence-electron chi connectivity index (χ4n) is 6.86. The number of hydrogen-bond donors (Lipinski definition) is 1. The molecular formula is C39H76N4O3. The molecule has 0 aromatic carbocycles. The van der Waals surface area contributed by atoms with Crippen LogP contribution in [0.4, 0.5) is 0 Å². The molecular weight excluding hydrogens is 572 g/mol. The van der Waals surface area contributed by atoms with Crippen molar-refractivity contribution in [1.82, 2.24) is 20.0 Å². The Morgan fingerprint density at radius 3 is 1.70 bits per heavy atom. The lowest BCUT2D eigenvalue weighted by atomic mass is 9.91. The van der Waals surface area contributed by atoms with Gasteiger partial charge < -0.3 is 20.0 Å². The van der Waals surface area contributed by atoms with Gasteiger partial charge in [-0.3, -0.25) is 14.4 Å². The standard InChI is InChI=1S/C39H76N4O3/c1-5-7-15-24-36(25-16-8-6-2)26-23-30-41(4)38(45)28-18-12-10-14-20-34-43(39(46)29-35-42-31-21-22-32-42)33-19-13-9-11-17-27-37(44)40-3/h36H,5-35H2,1-4H3,(H,40,44). The molecule has 0 radical (unpaired) electrons. The zero-order chi connectivity index (χ0) is 33.7. The minimum atomic E-state index is 0.124. The Morgan fingerprint density at radius 1 is 0.609 bits per heavy atom. The fourth-order valence-corrected chi connectivity index (χ4v) is 6.86. The summed E-state index contributed by atoms with van der Waals surface area (Å²) in [6.07, 6.45) is 28.2. The summed E-state index contributed by atoms with van der Waals surface area (Å²) in [5.74, 6) is 1.58. The van der Waals surface area contributed by atoms with Crippen LogP contribution in [-0.4, -0.2) is 85.8 Å². The first-order chi connectivity index (χ1) is 22.4. The van der Waals surface area contributed by atoms with E-state index in [4.69, 9.17) is 0 Å². The van der Waals surface area contributed by atoms with Crippen LogP contribution >= 0.6 is 0 Å². The maximum absolute atomic E-state index is 13.1. The minimum absolute atomic E-state index is 0.124. The second-order valence-electron chi connectivity index (χ2n) is 14.2. The zero-order valence-corrected chi connectivity index (χ0v) is 31.1. The van der Waals surface area contributed by atoms with Gasteiger partial charge in [0.25, 0.3) is 0 Å². The summed E-state index contributed by atoms with van der Waals surface area (Å²) in [4.78, 5) is 43.8. The molecule has 1 heterocycles. The van der Waals surface area contributed by atoms with Gasteiger partial charge in [0.05, 0.1) is 0 Å². The zero-order valence-electron chi connectivity index (χ0n) is 31.1. The van der Waals surface area contributed by atoms with E-state index < -0.39 is 0 Å². The Labute approximate surface area is 285 Å². The second-order valence-corrected chi connectivity index (χ2v) is 14.2. The van der Waals surface area contributed by atoms with E-state index in [1.54, 1.807) is 7.05 Å². The number of carbonyl (C=O) groups excluding carboxylic acids is 3. The molecule has 0 bridgehead atoms. The van der Waals surface area contributed by atoms with Gasteiger partial charge in [-0.05, 0) is 70.4 Å². The van der Waals surface area contributed by atoms with Gasteiger partial charge in [-0.15, -0.1) is 0 Å². The van der Waals surface area contributed by atoms with E-state index in [9.17, 15) is 14.4 Å². The molecule has 0 aliphatic carbocycles. The van der Waals surface area contributed by atoms with Gasteiger partial charge in [0.1, 0.15) is 0 Å². The summed E-state index contributed by atoms with van der Waals surface area (Å²) in [5.41, 5.74) is 0. The maximum atomic E-state index is 13.1. The van der Waals surface area contributed by atoms with Gasteiger partial charge in [0, 0.05) is 59.5 Å². The van der Waals surface area contributed by atoms with Crippen molar-refractivity contribution in [2.75, 3.05) is 53.4 Å². The lowest BCUT2D eigenvalue weighted by Gasteiger charge is -2.24. The maximum Gasteiger partial charge on any atom is 0.223 e. The molecule has 0 unspecified atom stereocenters. The number of rotatable bonds is 31. The summed E-state index contributed by atoms with van der Waals surface area (Å²) in [6.45, 7) is 10.4. The van der Waals surface area contributed by atoms with Crippen LogP contribution in [0.15, 0.2) is 0 Å². The van der Waals surface area contributed by atoms with E-state index in [1.807, 2.05) is 11.9 Å². The van der Waals surface area contributed by atoms with Gasteiger partial charge in [0.15, 0.2) is 0 Å². The molecule has 1 saturated heterocycles. The lowest BCUT2D eigenvalue weighted by Crippen LogP contribution is -2.35. The van der Waals surface area contributed by atoms with Crippen LogP contribution in [0.1, 0.15) is 174 Å². The van der Waals surface area contributed by atoms with E-state index in [1.165, 1.54) is 70.6 Å². The van der Waals surface area contributed by atoms with Crippen molar-refractivity contribution >= 4 is 17.7 Å². The Bertz CT molecular complexity index is 746. The molecule has 7 heteroatoms. The number of amides is 3. The van der Waals surface area contributed by atoms with Crippen LogP contribution in [0.2, 0.25) is 0 Å². The smallest absolute Gasteiger partial charge is 0.223 e. The van der Waals surface area contributed by atoms with Crippen LogP contribution in [-0.2, 0) is 14.4 Å². The average Bonchev–Trinajstić information content (AvgIpc) is 3.58. The number of likely N-dealkylation sites (tertiary alicyclic amines) is 1. The highest BCUT2D eigenvalue weighted by molar-refractivity contribution is 5.76. The number of hydrogen-bond acceptors (Lipinski definition) is 4. The number of unbranched alkanes of at least 4 members (excludes halogenated alkanes) is 12. The minimum Gasteiger partial charge on any atom is -0.359 e. The third-order valence-electron chi connectivity index (χ3n) is 10.1. The van der Waals surface area contributed by atoms with Crippen LogP contribution in [0, 0.1) is 5.92 Å². The van der Waals surface area contributed by atoms with Crippen LogP contribution < -0.4 is 5.32 Å². The Kier molecular flexibility index (Phi) is 27.2. The highest BCUT2D eigenvalue weighted by atomic mass is 16.2. The first-order valence-electron chi connectivity index (χ1n) is 19.9. The first kappa shape index (κ1) is 42.4.